The molecular formula is C27H27ClN4O3. The van der Waals surface area contributed by atoms with Gasteiger partial charge in [-0.25, -0.2) is 4.68 Å². The van der Waals surface area contributed by atoms with Gasteiger partial charge in [0, 0.05) is 28.3 Å². The Bertz CT molecular complexity index is 1340. The lowest BCUT2D eigenvalue weighted by Gasteiger charge is -2.29. The van der Waals surface area contributed by atoms with Crippen molar-refractivity contribution in [2.24, 2.45) is 0 Å². The van der Waals surface area contributed by atoms with Crippen molar-refractivity contribution in [3.63, 3.8) is 0 Å². The van der Waals surface area contributed by atoms with E-state index in [1.54, 1.807) is 35.0 Å². The third-order valence-corrected chi connectivity index (χ3v) is 7.06. The summed E-state index contributed by atoms with van der Waals surface area (Å²) in [7, 11) is 0. The van der Waals surface area contributed by atoms with Crippen LogP contribution in [0.5, 0.6) is 5.88 Å². The predicted molar refractivity (Wildman–Crippen MR) is 131 cm³/mol. The van der Waals surface area contributed by atoms with Crippen molar-refractivity contribution >= 4 is 34.7 Å². The fraction of sp³-hybridized carbons (Fsp3) is 0.333. The van der Waals surface area contributed by atoms with E-state index >= 15 is 0 Å². The third-order valence-electron chi connectivity index (χ3n) is 6.81. The van der Waals surface area contributed by atoms with Crippen molar-refractivity contribution in [1.82, 2.24) is 14.7 Å². The number of carbonyl (C=O) groups is 2. The number of hydrogen-bond donors (Lipinski definition) is 0. The van der Waals surface area contributed by atoms with Crippen molar-refractivity contribution in [2.75, 3.05) is 0 Å². The summed E-state index contributed by atoms with van der Waals surface area (Å²) in [6.45, 7) is 3.81. The molecule has 1 saturated carbocycles. The highest BCUT2D eigenvalue weighted by Gasteiger charge is 2.49. The molecule has 3 aromatic rings. The van der Waals surface area contributed by atoms with Gasteiger partial charge in [-0.05, 0) is 62.4 Å². The standard InChI is InChI=1S/C27H27ClN4O3/c1-3-21-22(26(34)32(29-21)20-13-11-18(28)12-14-20)23-24(30-15-7-8-17(2)16-30)27(35)31(25(23)33)19-9-5-4-6-10-19/h7-8,11-16,19H,3-6,9-10H2,1-2H3. The largest absolute Gasteiger partial charge is 0.858 e. The van der Waals surface area contributed by atoms with Crippen molar-refractivity contribution in [2.45, 2.75) is 58.4 Å². The number of carbonyl (C=O) groups excluding carboxylic acids is 2. The number of amides is 2. The Morgan fingerprint density at radius 1 is 1.09 bits per heavy atom. The second-order valence-electron chi connectivity index (χ2n) is 9.15. The van der Waals surface area contributed by atoms with E-state index in [2.05, 4.69) is 5.10 Å². The monoisotopic (exact) mass is 490 g/mol. The number of benzene rings is 1. The number of aromatic nitrogens is 3. The Balaban J connectivity index is 1.72. The molecule has 0 atom stereocenters. The predicted octanol–water partition coefficient (Wildman–Crippen LogP) is 3.83. The van der Waals surface area contributed by atoms with Crippen molar-refractivity contribution < 1.29 is 19.3 Å². The molecule has 2 aromatic heterocycles. The summed E-state index contributed by atoms with van der Waals surface area (Å²) in [5, 5.41) is 18.8. The lowest BCUT2D eigenvalue weighted by molar-refractivity contribution is -0.577. The van der Waals surface area contributed by atoms with Crippen molar-refractivity contribution in [3.8, 4) is 11.6 Å². The van der Waals surface area contributed by atoms with Gasteiger partial charge in [0.1, 0.15) is 5.57 Å². The van der Waals surface area contributed by atoms with E-state index in [0.29, 0.717) is 22.8 Å². The van der Waals surface area contributed by atoms with E-state index in [1.165, 1.54) is 9.58 Å². The molecule has 5 rings (SSSR count). The van der Waals surface area contributed by atoms with Crippen LogP contribution in [0.2, 0.25) is 5.02 Å². The van der Waals surface area contributed by atoms with Crippen molar-refractivity contribution in [3.05, 3.63) is 70.6 Å². The van der Waals surface area contributed by atoms with Crippen LogP contribution in [-0.2, 0) is 16.0 Å². The van der Waals surface area contributed by atoms with Gasteiger partial charge in [0.05, 0.1) is 11.4 Å². The molecular weight excluding hydrogens is 464 g/mol. The van der Waals surface area contributed by atoms with Gasteiger partial charge < -0.3 is 5.11 Å². The molecule has 180 valence electrons. The van der Waals surface area contributed by atoms with Crippen LogP contribution in [0.3, 0.4) is 0 Å². The fourth-order valence-corrected chi connectivity index (χ4v) is 5.23. The second kappa shape index (κ2) is 9.30. The average Bonchev–Trinajstić information content (AvgIpc) is 3.32. The van der Waals surface area contributed by atoms with Crippen LogP contribution in [0.4, 0.5) is 0 Å². The summed E-state index contributed by atoms with van der Waals surface area (Å²) in [5.41, 5.74) is 2.52. The van der Waals surface area contributed by atoms with Crippen molar-refractivity contribution in [1.29, 1.82) is 0 Å². The average molecular weight is 491 g/mol. The molecule has 3 heterocycles. The number of pyridine rings is 1. The van der Waals surface area contributed by atoms with Gasteiger partial charge in [0.2, 0.25) is 0 Å². The summed E-state index contributed by atoms with van der Waals surface area (Å²) in [4.78, 5) is 29.1. The van der Waals surface area contributed by atoms with Gasteiger partial charge in [-0.15, -0.1) is 0 Å². The Kier molecular flexibility index (Phi) is 6.19. The molecule has 35 heavy (non-hydrogen) atoms. The molecule has 0 N–H and O–H groups in total. The Morgan fingerprint density at radius 2 is 1.80 bits per heavy atom. The minimum absolute atomic E-state index is 0.137. The number of imide groups is 1. The molecule has 0 spiro atoms. The molecule has 0 saturated heterocycles. The number of aryl methyl sites for hydroxylation is 2. The zero-order chi connectivity index (χ0) is 24.7. The summed E-state index contributed by atoms with van der Waals surface area (Å²) < 4.78 is 2.96. The van der Waals surface area contributed by atoms with E-state index in [9.17, 15) is 14.7 Å². The highest BCUT2D eigenvalue weighted by atomic mass is 35.5. The molecule has 1 aromatic carbocycles. The minimum Gasteiger partial charge on any atom is -0.858 e. The highest BCUT2D eigenvalue weighted by molar-refractivity contribution is 6.45. The summed E-state index contributed by atoms with van der Waals surface area (Å²) in [6, 6.07) is 10.4. The number of rotatable bonds is 5. The van der Waals surface area contributed by atoms with Gasteiger partial charge in [-0.2, -0.15) is 9.67 Å². The maximum absolute atomic E-state index is 13.9. The first-order valence-corrected chi connectivity index (χ1v) is 12.4. The molecule has 1 aliphatic heterocycles. The zero-order valence-electron chi connectivity index (χ0n) is 19.8. The first-order chi connectivity index (χ1) is 16.9. The van der Waals surface area contributed by atoms with E-state index in [-0.39, 0.29) is 28.8 Å². The van der Waals surface area contributed by atoms with Crippen LogP contribution in [0.15, 0.2) is 48.8 Å². The summed E-state index contributed by atoms with van der Waals surface area (Å²) >= 11 is 6.03. The minimum atomic E-state index is -0.420. The number of hydrogen-bond acceptors (Lipinski definition) is 4. The topological polar surface area (TPSA) is 82.1 Å². The van der Waals surface area contributed by atoms with Gasteiger partial charge >= 0.3 is 5.91 Å². The Morgan fingerprint density at radius 3 is 2.46 bits per heavy atom. The van der Waals surface area contributed by atoms with Crippen LogP contribution >= 0.6 is 11.6 Å². The SMILES string of the molecule is CCc1nn(-c2ccc(Cl)cc2)c([O-])c1C1=C([n+]2cccc(C)c2)C(=O)N(C2CCCCC2)C1=O. The van der Waals surface area contributed by atoms with Crippen LogP contribution in [-0.4, -0.2) is 32.5 Å². The second-order valence-corrected chi connectivity index (χ2v) is 9.59. The molecule has 1 aliphatic carbocycles. The third kappa shape index (κ3) is 4.04. The van der Waals surface area contributed by atoms with Gasteiger partial charge in [0.15, 0.2) is 12.4 Å². The first-order valence-electron chi connectivity index (χ1n) is 12.1. The maximum atomic E-state index is 13.9. The molecule has 2 aliphatic rings. The Labute approximate surface area is 209 Å². The van der Waals surface area contributed by atoms with Gasteiger partial charge in [-0.1, -0.05) is 37.8 Å². The summed E-state index contributed by atoms with van der Waals surface area (Å²) in [5.74, 6) is -1.18. The normalized spacial score (nSPS) is 17.1. The van der Waals surface area contributed by atoms with Crippen LogP contribution < -0.4 is 9.67 Å². The van der Waals surface area contributed by atoms with Crippen LogP contribution in [0.1, 0.15) is 55.8 Å². The first kappa shape index (κ1) is 23.3. The fourth-order valence-electron chi connectivity index (χ4n) is 5.10. The van der Waals surface area contributed by atoms with Crippen LogP contribution in [0.25, 0.3) is 17.0 Å². The van der Waals surface area contributed by atoms with Gasteiger partial charge in [0.25, 0.3) is 11.6 Å². The number of nitrogens with zero attached hydrogens (tertiary/aromatic N) is 4. The van der Waals surface area contributed by atoms with E-state index < -0.39 is 11.8 Å². The molecule has 0 radical (unpaired) electrons. The molecule has 0 bridgehead atoms. The highest BCUT2D eigenvalue weighted by Crippen LogP contribution is 2.39. The quantitative estimate of drug-likeness (QED) is 0.402. The number of halogens is 1. The molecule has 0 unspecified atom stereocenters. The Hall–Kier alpha value is -3.45. The van der Waals surface area contributed by atoms with E-state index in [0.717, 1.165) is 37.7 Å². The lowest BCUT2D eigenvalue weighted by atomic mass is 9.94. The smallest absolute Gasteiger partial charge is 0.327 e. The summed E-state index contributed by atoms with van der Waals surface area (Å²) in [6.07, 6.45) is 8.62. The zero-order valence-corrected chi connectivity index (χ0v) is 20.6. The molecule has 1 fully saturated rings. The van der Waals surface area contributed by atoms with Gasteiger partial charge in [-0.3, -0.25) is 14.5 Å². The van der Waals surface area contributed by atoms with E-state index in [1.807, 2.05) is 32.2 Å². The van der Waals surface area contributed by atoms with Crippen LogP contribution in [0, 0.1) is 6.92 Å². The lowest BCUT2D eigenvalue weighted by Crippen LogP contribution is -2.45. The molecule has 8 heteroatoms. The maximum Gasteiger partial charge on any atom is 0.327 e. The van der Waals surface area contributed by atoms with E-state index in [4.69, 9.17) is 11.6 Å². The molecule has 7 nitrogen and oxygen atoms in total. The molecule has 2 amide bonds.